The molecule has 21 heavy (non-hydrogen) atoms. The van der Waals surface area contributed by atoms with Crippen LogP contribution >= 0.6 is 0 Å². The maximum atomic E-state index is 11.5. The Hall–Kier alpha value is -2.16. The van der Waals surface area contributed by atoms with Gasteiger partial charge in [-0.25, -0.2) is 13.2 Å². The molecule has 0 aliphatic rings. The molecule has 0 aliphatic carbocycles. The molecule has 0 saturated heterocycles. The van der Waals surface area contributed by atoms with E-state index in [2.05, 4.69) is 0 Å². The van der Waals surface area contributed by atoms with Crippen LogP contribution in [0.1, 0.15) is 23.7 Å². The highest BCUT2D eigenvalue weighted by Crippen LogP contribution is 2.24. The molecule has 0 bridgehead atoms. The predicted octanol–water partition coefficient (Wildman–Crippen LogP) is 1.50. The third kappa shape index (κ3) is 5.03. The van der Waals surface area contributed by atoms with Crippen molar-refractivity contribution >= 4 is 21.5 Å². The van der Waals surface area contributed by atoms with Crippen LogP contribution in [0, 0.1) is 10.1 Å². The van der Waals surface area contributed by atoms with Crippen LogP contribution in [0.25, 0.3) is 0 Å². The summed E-state index contributed by atoms with van der Waals surface area (Å²) in [6.07, 6.45) is 0.503. The number of nitro benzene ring substituents is 1. The number of hydrogen-bond acceptors (Lipinski definition) is 6. The monoisotopic (exact) mass is 317 g/mol. The van der Waals surface area contributed by atoms with Gasteiger partial charge in [0.05, 0.1) is 16.4 Å². The van der Waals surface area contributed by atoms with Crippen LogP contribution in [-0.2, 0) is 9.84 Å². The number of rotatable bonds is 8. The normalized spacial score (nSPS) is 11.1. The lowest BCUT2D eigenvalue weighted by Crippen LogP contribution is -2.16. The van der Waals surface area contributed by atoms with Crippen LogP contribution in [0.5, 0.6) is 5.75 Å². The number of nitrogens with zero attached hydrogens (tertiary/aromatic N) is 1. The summed E-state index contributed by atoms with van der Waals surface area (Å²) in [5.41, 5.74) is -1.05. The standard InChI is InChI=1S/C12H15NO7S/c1-2-6-21(18,19)7-5-20-9-3-4-11(13(16)17)10(8-9)12(14)15/h3-4,8H,2,5-7H2,1H3,(H,14,15). The fraction of sp³-hybridized carbons (Fsp3) is 0.417. The third-order valence-electron chi connectivity index (χ3n) is 2.57. The highest BCUT2D eigenvalue weighted by Gasteiger charge is 2.20. The van der Waals surface area contributed by atoms with Crippen molar-refractivity contribution in [3.63, 3.8) is 0 Å². The first-order valence-electron chi connectivity index (χ1n) is 6.12. The highest BCUT2D eigenvalue weighted by molar-refractivity contribution is 7.91. The zero-order valence-corrected chi connectivity index (χ0v) is 12.1. The van der Waals surface area contributed by atoms with Gasteiger partial charge in [0, 0.05) is 12.1 Å². The molecule has 0 atom stereocenters. The largest absolute Gasteiger partial charge is 0.493 e. The Morgan fingerprint density at radius 2 is 2.05 bits per heavy atom. The fourth-order valence-corrected chi connectivity index (χ4v) is 2.80. The molecule has 0 radical (unpaired) electrons. The molecule has 116 valence electrons. The zero-order valence-electron chi connectivity index (χ0n) is 11.3. The Morgan fingerprint density at radius 1 is 1.38 bits per heavy atom. The summed E-state index contributed by atoms with van der Waals surface area (Å²) >= 11 is 0. The van der Waals surface area contributed by atoms with Gasteiger partial charge in [0.2, 0.25) is 0 Å². The average Bonchev–Trinajstić information content (AvgIpc) is 2.37. The van der Waals surface area contributed by atoms with E-state index in [0.717, 1.165) is 12.1 Å². The van der Waals surface area contributed by atoms with E-state index in [1.807, 2.05) is 0 Å². The van der Waals surface area contributed by atoms with Crippen molar-refractivity contribution in [2.24, 2.45) is 0 Å². The van der Waals surface area contributed by atoms with E-state index < -0.39 is 32.0 Å². The van der Waals surface area contributed by atoms with Crippen LogP contribution in [-0.4, -0.2) is 42.5 Å². The third-order valence-corrected chi connectivity index (χ3v) is 4.39. The van der Waals surface area contributed by atoms with Gasteiger partial charge in [0.1, 0.15) is 17.9 Å². The lowest BCUT2D eigenvalue weighted by atomic mass is 10.2. The first-order valence-corrected chi connectivity index (χ1v) is 7.94. The summed E-state index contributed by atoms with van der Waals surface area (Å²) in [6, 6.07) is 3.25. The Morgan fingerprint density at radius 3 is 2.57 bits per heavy atom. The van der Waals surface area contributed by atoms with Crippen LogP contribution in [0.2, 0.25) is 0 Å². The summed E-state index contributed by atoms with van der Waals surface area (Å²) in [5, 5.41) is 19.6. The minimum atomic E-state index is -3.20. The SMILES string of the molecule is CCCS(=O)(=O)CCOc1ccc([N+](=O)[O-])c(C(=O)O)c1. The van der Waals surface area contributed by atoms with Crippen molar-refractivity contribution in [3.05, 3.63) is 33.9 Å². The van der Waals surface area contributed by atoms with Gasteiger partial charge in [-0.2, -0.15) is 0 Å². The van der Waals surface area contributed by atoms with Gasteiger partial charge in [0.15, 0.2) is 9.84 Å². The number of benzene rings is 1. The summed E-state index contributed by atoms with van der Waals surface area (Å²) in [6.45, 7) is 1.60. The van der Waals surface area contributed by atoms with Crippen LogP contribution in [0.15, 0.2) is 18.2 Å². The molecule has 8 nitrogen and oxygen atoms in total. The molecular formula is C12H15NO7S. The number of hydrogen-bond donors (Lipinski definition) is 1. The summed E-state index contributed by atoms with van der Waals surface area (Å²) < 4.78 is 28.1. The molecule has 0 fully saturated rings. The van der Waals surface area contributed by atoms with E-state index in [9.17, 15) is 23.3 Å². The summed E-state index contributed by atoms with van der Waals surface area (Å²) in [4.78, 5) is 20.8. The van der Waals surface area contributed by atoms with Crippen molar-refractivity contribution in [1.29, 1.82) is 0 Å². The Balaban J connectivity index is 2.80. The minimum absolute atomic E-state index is 0.0526. The molecule has 0 spiro atoms. The first-order chi connectivity index (χ1) is 9.76. The molecule has 0 heterocycles. The molecule has 0 aromatic heterocycles. The molecular weight excluding hydrogens is 302 g/mol. The second-order valence-electron chi connectivity index (χ2n) is 4.24. The molecule has 0 saturated carbocycles. The lowest BCUT2D eigenvalue weighted by Gasteiger charge is -2.07. The Labute approximate surface area is 121 Å². The summed E-state index contributed by atoms with van der Waals surface area (Å²) in [7, 11) is -3.20. The number of nitro groups is 1. The number of carboxylic acids is 1. The maximum absolute atomic E-state index is 11.5. The molecule has 1 aromatic carbocycles. The van der Waals surface area contributed by atoms with Gasteiger partial charge >= 0.3 is 5.97 Å². The van der Waals surface area contributed by atoms with E-state index in [4.69, 9.17) is 9.84 Å². The van der Waals surface area contributed by atoms with E-state index in [-0.39, 0.29) is 23.9 Å². The molecule has 9 heteroatoms. The minimum Gasteiger partial charge on any atom is -0.493 e. The average molecular weight is 317 g/mol. The van der Waals surface area contributed by atoms with Gasteiger partial charge < -0.3 is 9.84 Å². The van der Waals surface area contributed by atoms with Crippen molar-refractivity contribution < 1.29 is 28.0 Å². The van der Waals surface area contributed by atoms with Gasteiger partial charge in [-0.1, -0.05) is 6.92 Å². The predicted molar refractivity (Wildman–Crippen MR) is 74.5 cm³/mol. The van der Waals surface area contributed by atoms with Crippen LogP contribution in [0.4, 0.5) is 5.69 Å². The van der Waals surface area contributed by atoms with Gasteiger partial charge in [-0.15, -0.1) is 0 Å². The van der Waals surface area contributed by atoms with Crippen LogP contribution < -0.4 is 4.74 Å². The van der Waals surface area contributed by atoms with Crippen molar-refractivity contribution in [3.8, 4) is 5.75 Å². The van der Waals surface area contributed by atoms with Crippen LogP contribution in [0.3, 0.4) is 0 Å². The first kappa shape index (κ1) is 16.9. The van der Waals surface area contributed by atoms with E-state index in [1.165, 1.54) is 6.07 Å². The second kappa shape index (κ2) is 7.02. The number of aromatic carboxylic acids is 1. The topological polar surface area (TPSA) is 124 Å². The number of sulfone groups is 1. The zero-order chi connectivity index (χ0) is 16.0. The molecule has 0 unspecified atom stereocenters. The quantitative estimate of drug-likeness (QED) is 0.569. The number of ether oxygens (including phenoxy) is 1. The van der Waals surface area contributed by atoms with Gasteiger partial charge in [-0.3, -0.25) is 10.1 Å². The smallest absolute Gasteiger partial charge is 0.342 e. The lowest BCUT2D eigenvalue weighted by molar-refractivity contribution is -0.385. The Kier molecular flexibility index (Phi) is 5.65. The molecule has 1 aromatic rings. The fourth-order valence-electron chi connectivity index (χ4n) is 1.63. The van der Waals surface area contributed by atoms with Crippen molar-refractivity contribution in [2.75, 3.05) is 18.1 Å². The van der Waals surface area contributed by atoms with E-state index in [0.29, 0.717) is 6.42 Å². The molecule has 1 N–H and O–H groups in total. The molecule has 0 aliphatic heterocycles. The molecule has 0 amide bonds. The van der Waals surface area contributed by atoms with Gasteiger partial charge in [-0.05, 0) is 12.5 Å². The summed E-state index contributed by atoms with van der Waals surface area (Å²) in [5.74, 6) is -1.52. The maximum Gasteiger partial charge on any atom is 0.342 e. The van der Waals surface area contributed by atoms with E-state index >= 15 is 0 Å². The Bertz CT molecular complexity index is 639. The van der Waals surface area contributed by atoms with Gasteiger partial charge in [0.25, 0.3) is 5.69 Å². The second-order valence-corrected chi connectivity index (χ2v) is 6.55. The molecule has 1 rings (SSSR count). The van der Waals surface area contributed by atoms with E-state index in [1.54, 1.807) is 6.92 Å². The number of carboxylic acid groups (broad SMARTS) is 1. The number of carbonyl (C=O) groups is 1. The van der Waals surface area contributed by atoms with Crippen molar-refractivity contribution in [2.45, 2.75) is 13.3 Å². The highest BCUT2D eigenvalue weighted by atomic mass is 32.2. The van der Waals surface area contributed by atoms with Crippen molar-refractivity contribution in [1.82, 2.24) is 0 Å².